The van der Waals surface area contributed by atoms with Gasteiger partial charge in [-0.25, -0.2) is 0 Å². The van der Waals surface area contributed by atoms with E-state index in [1.165, 1.54) is 44.5 Å². The highest BCUT2D eigenvalue weighted by atomic mass is 35.5. The van der Waals surface area contributed by atoms with E-state index in [-0.39, 0.29) is 0 Å². The number of nitrogens with one attached hydrogen (secondary N) is 1. The lowest BCUT2D eigenvalue weighted by atomic mass is 10.1. The fourth-order valence-electron chi connectivity index (χ4n) is 2.56. The first-order valence-electron chi connectivity index (χ1n) is 6.97. The molecule has 0 saturated carbocycles. The minimum atomic E-state index is 0.331. The van der Waals surface area contributed by atoms with Crippen molar-refractivity contribution < 1.29 is 0 Å². The normalized spacial score (nSPS) is 18.1. The molecule has 2 rings (SSSR count). The van der Waals surface area contributed by atoms with E-state index in [2.05, 4.69) is 23.2 Å². The SMILES string of the molecule is C[C@H](NCCCN1CCCC1)c1ccccc1Cl. The molecular weight excluding hydrogens is 244 g/mol. The van der Waals surface area contributed by atoms with Crippen molar-refractivity contribution in [3.8, 4) is 0 Å². The van der Waals surface area contributed by atoms with Crippen molar-refractivity contribution in [2.24, 2.45) is 0 Å². The Bertz CT molecular complexity index is 361. The largest absolute Gasteiger partial charge is 0.310 e. The summed E-state index contributed by atoms with van der Waals surface area (Å²) in [6.07, 6.45) is 3.97. The predicted molar refractivity (Wildman–Crippen MR) is 78.2 cm³/mol. The molecule has 1 aromatic rings. The van der Waals surface area contributed by atoms with Gasteiger partial charge < -0.3 is 10.2 Å². The van der Waals surface area contributed by atoms with Crippen LogP contribution in [0.25, 0.3) is 0 Å². The van der Waals surface area contributed by atoms with Gasteiger partial charge in [-0.2, -0.15) is 0 Å². The predicted octanol–water partition coefficient (Wildman–Crippen LogP) is 3.48. The maximum Gasteiger partial charge on any atom is 0.0453 e. The standard InChI is InChI=1S/C15H23ClN2/c1-13(14-7-2-3-8-15(14)16)17-9-6-12-18-10-4-5-11-18/h2-3,7-8,13,17H,4-6,9-12H2,1H3/t13-/m0/s1. The van der Waals surface area contributed by atoms with Crippen LogP contribution in [-0.4, -0.2) is 31.1 Å². The zero-order valence-corrected chi connectivity index (χ0v) is 11.9. The van der Waals surface area contributed by atoms with Gasteiger partial charge in [0.1, 0.15) is 0 Å². The number of likely N-dealkylation sites (tertiary alicyclic amines) is 1. The average Bonchev–Trinajstić information content (AvgIpc) is 2.88. The monoisotopic (exact) mass is 266 g/mol. The van der Waals surface area contributed by atoms with E-state index < -0.39 is 0 Å². The quantitative estimate of drug-likeness (QED) is 0.793. The van der Waals surface area contributed by atoms with Crippen LogP contribution in [0.3, 0.4) is 0 Å². The Kier molecular flexibility index (Phi) is 5.48. The van der Waals surface area contributed by atoms with Crippen molar-refractivity contribution in [1.82, 2.24) is 10.2 Å². The first kappa shape index (κ1) is 13.9. The van der Waals surface area contributed by atoms with Gasteiger partial charge in [-0.3, -0.25) is 0 Å². The molecule has 0 amide bonds. The van der Waals surface area contributed by atoms with Crippen molar-refractivity contribution in [3.05, 3.63) is 34.9 Å². The molecule has 1 atom stereocenters. The van der Waals surface area contributed by atoms with Gasteiger partial charge in [-0.15, -0.1) is 0 Å². The summed E-state index contributed by atoms with van der Waals surface area (Å²) in [4.78, 5) is 2.56. The lowest BCUT2D eigenvalue weighted by molar-refractivity contribution is 0.328. The van der Waals surface area contributed by atoms with Crippen LogP contribution >= 0.6 is 11.6 Å². The van der Waals surface area contributed by atoms with E-state index in [1.807, 2.05) is 18.2 Å². The van der Waals surface area contributed by atoms with Crippen molar-refractivity contribution in [1.29, 1.82) is 0 Å². The van der Waals surface area contributed by atoms with Crippen molar-refractivity contribution in [2.45, 2.75) is 32.2 Å². The van der Waals surface area contributed by atoms with Gasteiger partial charge >= 0.3 is 0 Å². The molecule has 0 aromatic heterocycles. The molecule has 3 heteroatoms. The zero-order chi connectivity index (χ0) is 12.8. The molecule has 1 aromatic carbocycles. The van der Waals surface area contributed by atoms with Crippen LogP contribution in [0, 0.1) is 0 Å². The molecule has 1 fully saturated rings. The van der Waals surface area contributed by atoms with Crippen molar-refractivity contribution >= 4 is 11.6 Å². The summed E-state index contributed by atoms with van der Waals surface area (Å²) in [7, 11) is 0. The highest BCUT2D eigenvalue weighted by molar-refractivity contribution is 6.31. The molecule has 1 aliphatic rings. The first-order valence-corrected chi connectivity index (χ1v) is 7.35. The second-order valence-corrected chi connectivity index (χ2v) is 5.51. The van der Waals surface area contributed by atoms with Gasteiger partial charge in [0.2, 0.25) is 0 Å². The molecule has 1 aliphatic heterocycles. The Hall–Kier alpha value is -0.570. The summed E-state index contributed by atoms with van der Waals surface area (Å²) >= 11 is 6.19. The Morgan fingerprint density at radius 1 is 1.28 bits per heavy atom. The fraction of sp³-hybridized carbons (Fsp3) is 0.600. The molecule has 0 unspecified atom stereocenters. The lowest BCUT2D eigenvalue weighted by Crippen LogP contribution is -2.26. The van der Waals surface area contributed by atoms with Gasteiger partial charge in [0.25, 0.3) is 0 Å². The van der Waals surface area contributed by atoms with Crippen LogP contribution in [0.15, 0.2) is 24.3 Å². The third-order valence-electron chi connectivity index (χ3n) is 3.67. The van der Waals surface area contributed by atoms with Crippen LogP contribution in [-0.2, 0) is 0 Å². The van der Waals surface area contributed by atoms with E-state index in [0.29, 0.717) is 6.04 Å². The second-order valence-electron chi connectivity index (χ2n) is 5.10. The lowest BCUT2D eigenvalue weighted by Gasteiger charge is -2.18. The number of nitrogens with zero attached hydrogens (tertiary/aromatic N) is 1. The molecule has 18 heavy (non-hydrogen) atoms. The maximum atomic E-state index is 6.19. The third-order valence-corrected chi connectivity index (χ3v) is 4.02. The number of hydrogen-bond acceptors (Lipinski definition) is 2. The van der Waals surface area contributed by atoms with Crippen LogP contribution in [0.5, 0.6) is 0 Å². The van der Waals surface area contributed by atoms with Crippen molar-refractivity contribution in [3.63, 3.8) is 0 Å². The second kappa shape index (κ2) is 7.13. The minimum Gasteiger partial charge on any atom is -0.310 e. The molecule has 0 radical (unpaired) electrons. The molecule has 0 bridgehead atoms. The fourth-order valence-corrected chi connectivity index (χ4v) is 2.86. The van der Waals surface area contributed by atoms with Gasteiger partial charge in [0.15, 0.2) is 0 Å². The molecule has 0 spiro atoms. The highest BCUT2D eigenvalue weighted by Crippen LogP contribution is 2.21. The summed E-state index contributed by atoms with van der Waals surface area (Å²) in [5, 5.41) is 4.41. The van der Waals surface area contributed by atoms with E-state index >= 15 is 0 Å². The Balaban J connectivity index is 1.68. The molecule has 1 N–H and O–H groups in total. The van der Waals surface area contributed by atoms with Gasteiger partial charge in [0.05, 0.1) is 0 Å². The molecular formula is C15H23ClN2. The van der Waals surface area contributed by atoms with Crippen LogP contribution in [0.4, 0.5) is 0 Å². The van der Waals surface area contributed by atoms with E-state index in [4.69, 9.17) is 11.6 Å². The van der Waals surface area contributed by atoms with Crippen LogP contribution < -0.4 is 5.32 Å². The highest BCUT2D eigenvalue weighted by Gasteiger charge is 2.11. The molecule has 1 saturated heterocycles. The molecule has 0 aliphatic carbocycles. The average molecular weight is 267 g/mol. The third kappa shape index (κ3) is 3.98. The van der Waals surface area contributed by atoms with Gasteiger partial charge in [-0.05, 0) is 64.0 Å². The molecule has 1 heterocycles. The number of rotatable bonds is 6. The number of halogens is 1. The molecule has 100 valence electrons. The Morgan fingerprint density at radius 3 is 2.72 bits per heavy atom. The van der Waals surface area contributed by atoms with E-state index in [1.54, 1.807) is 0 Å². The summed E-state index contributed by atoms with van der Waals surface area (Å²) in [5.41, 5.74) is 1.19. The first-order chi connectivity index (χ1) is 8.77. The van der Waals surface area contributed by atoms with Gasteiger partial charge in [-0.1, -0.05) is 29.8 Å². The Morgan fingerprint density at radius 2 is 2.00 bits per heavy atom. The summed E-state index contributed by atoms with van der Waals surface area (Å²) in [6, 6.07) is 8.41. The minimum absolute atomic E-state index is 0.331. The summed E-state index contributed by atoms with van der Waals surface area (Å²) < 4.78 is 0. The Labute approximate surface area is 115 Å². The summed E-state index contributed by atoms with van der Waals surface area (Å²) in [6.45, 7) is 7.04. The van der Waals surface area contributed by atoms with E-state index in [9.17, 15) is 0 Å². The summed E-state index contributed by atoms with van der Waals surface area (Å²) in [5.74, 6) is 0. The van der Waals surface area contributed by atoms with Gasteiger partial charge in [0, 0.05) is 11.1 Å². The smallest absolute Gasteiger partial charge is 0.0453 e. The zero-order valence-electron chi connectivity index (χ0n) is 11.2. The number of hydrogen-bond donors (Lipinski definition) is 1. The topological polar surface area (TPSA) is 15.3 Å². The van der Waals surface area contributed by atoms with Crippen molar-refractivity contribution in [2.75, 3.05) is 26.2 Å². The van der Waals surface area contributed by atoms with E-state index in [0.717, 1.165) is 11.6 Å². The maximum absolute atomic E-state index is 6.19. The number of benzene rings is 1. The molecule has 2 nitrogen and oxygen atoms in total. The van der Waals surface area contributed by atoms with Crippen LogP contribution in [0.2, 0.25) is 5.02 Å². The van der Waals surface area contributed by atoms with Crippen LogP contribution in [0.1, 0.15) is 37.8 Å².